The van der Waals surface area contributed by atoms with Gasteiger partial charge < -0.3 is 9.84 Å². The molecule has 1 saturated heterocycles. The molecule has 174 valence electrons. The Morgan fingerprint density at radius 1 is 1.06 bits per heavy atom. The van der Waals surface area contributed by atoms with Crippen LogP contribution < -0.4 is 4.90 Å². The number of ketones is 1. The van der Waals surface area contributed by atoms with E-state index in [2.05, 4.69) is 0 Å². The number of ether oxygens (including phenoxy) is 1. The van der Waals surface area contributed by atoms with Gasteiger partial charge in [-0.1, -0.05) is 31.5 Å². The predicted molar refractivity (Wildman–Crippen MR) is 132 cm³/mol. The maximum absolute atomic E-state index is 13.1. The van der Waals surface area contributed by atoms with Gasteiger partial charge in [-0.2, -0.15) is 0 Å². The molecule has 1 aliphatic rings. The van der Waals surface area contributed by atoms with E-state index < -0.39 is 23.7 Å². The zero-order valence-corrected chi connectivity index (χ0v) is 20.1. The highest BCUT2D eigenvalue weighted by Crippen LogP contribution is 2.43. The minimum atomic E-state index is -0.811. The molecule has 0 aliphatic carbocycles. The number of halogens is 1. The molecule has 1 amide bonds. The number of nitrogens with zero attached hydrogens (tertiary/aromatic N) is 1. The molecule has 0 radical (unpaired) electrons. The number of hydrogen-bond acceptors (Lipinski definition) is 6. The van der Waals surface area contributed by atoms with Crippen molar-refractivity contribution in [3.05, 3.63) is 92.6 Å². The van der Waals surface area contributed by atoms with Crippen molar-refractivity contribution in [2.45, 2.75) is 19.9 Å². The van der Waals surface area contributed by atoms with Gasteiger partial charge in [0.05, 0.1) is 17.7 Å². The number of anilines is 1. The topological polar surface area (TPSA) is 83.9 Å². The molecule has 0 spiro atoms. The van der Waals surface area contributed by atoms with Crippen molar-refractivity contribution >= 4 is 52.0 Å². The van der Waals surface area contributed by atoms with Crippen LogP contribution in [-0.4, -0.2) is 29.4 Å². The molecule has 4 rings (SSSR count). The lowest BCUT2D eigenvalue weighted by Crippen LogP contribution is -2.29. The minimum absolute atomic E-state index is 0.00445. The SMILES string of the molecule is CC(C)COC(=O)c1ccc(N2C(=O)C(=O)/C(=C(\O)c3ccc(Cl)cc3)C2c2cccs2)cc1. The average Bonchev–Trinajstić information content (AvgIpc) is 3.44. The molecule has 1 fully saturated rings. The van der Waals surface area contributed by atoms with Gasteiger partial charge in [-0.3, -0.25) is 14.5 Å². The van der Waals surface area contributed by atoms with E-state index in [9.17, 15) is 19.5 Å². The Morgan fingerprint density at radius 3 is 2.29 bits per heavy atom. The second-order valence-electron chi connectivity index (χ2n) is 8.23. The number of carbonyl (C=O) groups is 3. The van der Waals surface area contributed by atoms with Crippen LogP contribution in [0.1, 0.15) is 40.7 Å². The summed E-state index contributed by atoms with van der Waals surface area (Å²) in [5.74, 6) is -2.07. The first kappa shape index (κ1) is 23.7. The highest BCUT2D eigenvalue weighted by molar-refractivity contribution is 7.10. The lowest BCUT2D eigenvalue weighted by atomic mass is 9.99. The van der Waals surface area contributed by atoms with E-state index in [0.29, 0.717) is 28.4 Å². The molecule has 6 nitrogen and oxygen atoms in total. The molecule has 0 saturated carbocycles. The number of hydrogen-bond donors (Lipinski definition) is 1. The zero-order chi connectivity index (χ0) is 24.4. The summed E-state index contributed by atoms with van der Waals surface area (Å²) in [7, 11) is 0. The Bertz CT molecular complexity index is 1250. The maximum atomic E-state index is 13.1. The first-order valence-electron chi connectivity index (χ1n) is 10.7. The number of esters is 1. The molecule has 2 heterocycles. The van der Waals surface area contributed by atoms with Crippen LogP contribution in [0.2, 0.25) is 5.02 Å². The van der Waals surface area contributed by atoms with Gasteiger partial charge in [-0.05, 0) is 65.9 Å². The van der Waals surface area contributed by atoms with Gasteiger partial charge in [0, 0.05) is 21.2 Å². The highest BCUT2D eigenvalue weighted by atomic mass is 35.5. The van der Waals surface area contributed by atoms with E-state index in [1.165, 1.54) is 16.2 Å². The number of rotatable bonds is 6. The third kappa shape index (κ3) is 4.62. The molecule has 1 aliphatic heterocycles. The summed E-state index contributed by atoms with van der Waals surface area (Å²) in [6, 6.07) is 15.5. The van der Waals surface area contributed by atoms with E-state index in [-0.39, 0.29) is 17.3 Å². The summed E-state index contributed by atoms with van der Waals surface area (Å²) in [6.07, 6.45) is 0. The molecule has 0 bridgehead atoms. The molecule has 1 atom stereocenters. The Hall–Kier alpha value is -3.42. The Balaban J connectivity index is 1.74. The van der Waals surface area contributed by atoms with Crippen LogP contribution in [0.15, 0.2) is 71.6 Å². The van der Waals surface area contributed by atoms with Gasteiger partial charge in [-0.25, -0.2) is 4.79 Å². The molecule has 1 N–H and O–H groups in total. The summed E-state index contributed by atoms with van der Waals surface area (Å²) in [5.41, 5.74) is 1.15. The van der Waals surface area contributed by atoms with Crippen LogP contribution in [0.25, 0.3) is 5.76 Å². The predicted octanol–water partition coefficient (Wildman–Crippen LogP) is 5.84. The van der Waals surface area contributed by atoms with E-state index in [4.69, 9.17) is 16.3 Å². The van der Waals surface area contributed by atoms with Crippen LogP contribution in [0.5, 0.6) is 0 Å². The van der Waals surface area contributed by atoms with Crippen LogP contribution >= 0.6 is 22.9 Å². The van der Waals surface area contributed by atoms with E-state index >= 15 is 0 Å². The van der Waals surface area contributed by atoms with E-state index in [1.807, 2.05) is 25.3 Å². The summed E-state index contributed by atoms with van der Waals surface area (Å²) in [4.78, 5) is 40.6. The minimum Gasteiger partial charge on any atom is -0.507 e. The summed E-state index contributed by atoms with van der Waals surface area (Å²) in [5, 5.41) is 13.4. The number of amides is 1. The summed E-state index contributed by atoms with van der Waals surface area (Å²) in [6.45, 7) is 4.20. The standard InChI is InChI=1S/C26H22ClNO5S/c1-15(2)14-33-26(32)17-7-11-19(12-8-17)28-22(20-4-3-13-34-20)21(24(30)25(28)31)23(29)16-5-9-18(27)10-6-16/h3-13,15,22,29H,14H2,1-2H3/b23-21-. The summed E-state index contributed by atoms with van der Waals surface area (Å²) >= 11 is 7.32. The van der Waals surface area contributed by atoms with Gasteiger partial charge in [0.15, 0.2) is 0 Å². The Morgan fingerprint density at radius 2 is 1.71 bits per heavy atom. The Kier molecular flexibility index (Phi) is 6.86. The smallest absolute Gasteiger partial charge is 0.338 e. The number of aliphatic hydroxyl groups is 1. The number of carbonyl (C=O) groups excluding carboxylic acids is 3. The zero-order valence-electron chi connectivity index (χ0n) is 18.5. The Labute approximate surface area is 206 Å². The second-order valence-corrected chi connectivity index (χ2v) is 9.65. The van der Waals surface area contributed by atoms with Crippen LogP contribution in [0, 0.1) is 5.92 Å². The molecule has 1 unspecified atom stereocenters. The normalized spacial score (nSPS) is 17.4. The first-order valence-corrected chi connectivity index (χ1v) is 11.9. The quantitative estimate of drug-likeness (QED) is 0.201. The van der Waals surface area contributed by atoms with Crippen molar-refractivity contribution in [3.8, 4) is 0 Å². The number of Topliss-reactive ketones (excluding diaryl/α,β-unsaturated/α-hetero) is 1. The fraction of sp³-hybridized carbons (Fsp3) is 0.192. The lowest BCUT2D eigenvalue weighted by molar-refractivity contribution is -0.132. The van der Waals surface area contributed by atoms with Crippen molar-refractivity contribution in [1.29, 1.82) is 0 Å². The van der Waals surface area contributed by atoms with Crippen molar-refractivity contribution in [3.63, 3.8) is 0 Å². The van der Waals surface area contributed by atoms with E-state index in [0.717, 1.165) is 4.88 Å². The van der Waals surface area contributed by atoms with Gasteiger partial charge >= 0.3 is 5.97 Å². The van der Waals surface area contributed by atoms with Crippen LogP contribution in [0.3, 0.4) is 0 Å². The molecular weight excluding hydrogens is 474 g/mol. The maximum Gasteiger partial charge on any atom is 0.338 e. The number of thiophene rings is 1. The fourth-order valence-electron chi connectivity index (χ4n) is 3.66. The van der Waals surface area contributed by atoms with Crippen molar-refractivity contribution < 1.29 is 24.2 Å². The number of benzene rings is 2. The molecule has 34 heavy (non-hydrogen) atoms. The van der Waals surface area contributed by atoms with Gasteiger partial charge in [0.25, 0.3) is 11.7 Å². The molecular formula is C26H22ClNO5S. The monoisotopic (exact) mass is 495 g/mol. The average molecular weight is 496 g/mol. The van der Waals surface area contributed by atoms with Crippen molar-refractivity contribution in [2.75, 3.05) is 11.5 Å². The van der Waals surface area contributed by atoms with Gasteiger partial charge in [0.2, 0.25) is 0 Å². The van der Waals surface area contributed by atoms with Crippen LogP contribution in [-0.2, 0) is 14.3 Å². The van der Waals surface area contributed by atoms with Crippen molar-refractivity contribution in [1.82, 2.24) is 0 Å². The van der Waals surface area contributed by atoms with Gasteiger partial charge in [0.1, 0.15) is 11.8 Å². The lowest BCUT2D eigenvalue weighted by Gasteiger charge is -2.24. The third-order valence-corrected chi connectivity index (χ3v) is 6.48. The molecule has 8 heteroatoms. The number of aliphatic hydroxyl groups excluding tert-OH is 1. The molecule has 2 aromatic carbocycles. The molecule has 1 aromatic heterocycles. The molecule has 3 aromatic rings. The first-order chi connectivity index (χ1) is 16.3. The largest absolute Gasteiger partial charge is 0.507 e. The highest BCUT2D eigenvalue weighted by Gasteiger charge is 2.47. The summed E-state index contributed by atoms with van der Waals surface area (Å²) < 4.78 is 5.26. The second kappa shape index (κ2) is 9.83. The van der Waals surface area contributed by atoms with Crippen LogP contribution in [0.4, 0.5) is 5.69 Å². The van der Waals surface area contributed by atoms with Crippen molar-refractivity contribution in [2.24, 2.45) is 5.92 Å². The third-order valence-electron chi connectivity index (χ3n) is 5.30. The van der Waals surface area contributed by atoms with E-state index in [1.54, 1.807) is 54.6 Å². The fourth-order valence-corrected chi connectivity index (χ4v) is 4.61. The van der Waals surface area contributed by atoms with Gasteiger partial charge in [-0.15, -0.1) is 11.3 Å².